The number of urea groups is 1. The van der Waals surface area contributed by atoms with Gasteiger partial charge in [0.2, 0.25) is 6.79 Å². The summed E-state index contributed by atoms with van der Waals surface area (Å²) in [6.45, 7) is 0.141. The number of carbonyl (C=O) groups excluding carboxylic acids is 1. The van der Waals surface area contributed by atoms with Crippen LogP contribution < -0.4 is 20.1 Å². The first-order valence-corrected chi connectivity index (χ1v) is 8.56. The van der Waals surface area contributed by atoms with E-state index >= 15 is 0 Å². The summed E-state index contributed by atoms with van der Waals surface area (Å²) in [5.74, 6) is 0.394. The van der Waals surface area contributed by atoms with E-state index in [9.17, 15) is 13.6 Å². The molecule has 1 heterocycles. The third-order valence-electron chi connectivity index (χ3n) is 4.31. The van der Waals surface area contributed by atoms with E-state index in [4.69, 9.17) is 9.47 Å². The van der Waals surface area contributed by atoms with Crippen LogP contribution in [-0.4, -0.2) is 12.8 Å². The number of hydrogen-bond donors (Lipinski definition) is 2. The summed E-state index contributed by atoms with van der Waals surface area (Å²) >= 11 is 0. The van der Waals surface area contributed by atoms with Crippen molar-refractivity contribution in [3.8, 4) is 11.5 Å². The molecule has 3 aromatic rings. The zero-order valence-corrected chi connectivity index (χ0v) is 14.6. The second-order valence-corrected chi connectivity index (χ2v) is 6.20. The second kappa shape index (κ2) is 7.56. The van der Waals surface area contributed by atoms with Gasteiger partial charge in [-0.05, 0) is 47.5 Å². The van der Waals surface area contributed by atoms with Gasteiger partial charge in [-0.25, -0.2) is 13.6 Å². The quantitative estimate of drug-likeness (QED) is 0.693. The Balaban J connectivity index is 1.55. The molecule has 142 valence electrons. The van der Waals surface area contributed by atoms with E-state index in [1.54, 1.807) is 42.5 Å². The molecule has 5 nitrogen and oxygen atoms in total. The van der Waals surface area contributed by atoms with Crippen LogP contribution in [0.5, 0.6) is 11.5 Å². The van der Waals surface area contributed by atoms with Gasteiger partial charge in [-0.3, -0.25) is 0 Å². The molecule has 0 saturated carbocycles. The second-order valence-electron chi connectivity index (χ2n) is 6.20. The number of halogens is 2. The fourth-order valence-electron chi connectivity index (χ4n) is 2.94. The summed E-state index contributed by atoms with van der Waals surface area (Å²) in [5.41, 5.74) is 1.85. The molecule has 2 amide bonds. The number of nitrogens with one attached hydrogen (secondary N) is 2. The minimum atomic E-state index is -0.588. The Bertz CT molecular complexity index is 946. The number of rotatable bonds is 4. The SMILES string of the molecule is O=C(Nc1ccc2c(c1)OCO2)NC(c1ccc(F)cc1)c1ccc(F)cc1. The van der Waals surface area contributed by atoms with Crippen molar-refractivity contribution in [2.75, 3.05) is 12.1 Å². The number of fused-ring (bicyclic) bond motifs is 1. The van der Waals surface area contributed by atoms with Crippen molar-refractivity contribution in [3.63, 3.8) is 0 Å². The lowest BCUT2D eigenvalue weighted by molar-refractivity contribution is 0.174. The van der Waals surface area contributed by atoms with Gasteiger partial charge in [-0.2, -0.15) is 0 Å². The highest BCUT2D eigenvalue weighted by Gasteiger charge is 2.19. The fraction of sp³-hybridized carbons (Fsp3) is 0.0952. The van der Waals surface area contributed by atoms with Gasteiger partial charge in [0.25, 0.3) is 0 Å². The average Bonchev–Trinajstić information content (AvgIpc) is 3.15. The number of benzene rings is 3. The van der Waals surface area contributed by atoms with Gasteiger partial charge >= 0.3 is 6.03 Å². The van der Waals surface area contributed by atoms with Gasteiger partial charge in [-0.15, -0.1) is 0 Å². The molecule has 0 unspecified atom stereocenters. The third kappa shape index (κ3) is 3.88. The van der Waals surface area contributed by atoms with E-state index in [0.717, 1.165) is 0 Å². The van der Waals surface area contributed by atoms with Crippen LogP contribution in [0.3, 0.4) is 0 Å². The van der Waals surface area contributed by atoms with E-state index in [2.05, 4.69) is 10.6 Å². The molecule has 1 aliphatic heterocycles. The Morgan fingerprint density at radius 3 is 2.00 bits per heavy atom. The van der Waals surface area contributed by atoms with Gasteiger partial charge in [0.05, 0.1) is 6.04 Å². The molecule has 0 atom stereocenters. The minimum Gasteiger partial charge on any atom is -0.454 e. The summed E-state index contributed by atoms with van der Waals surface area (Å²) in [6, 6.07) is 15.5. The van der Waals surface area contributed by atoms with E-state index in [1.807, 2.05) is 0 Å². The first-order valence-electron chi connectivity index (χ1n) is 8.56. The lowest BCUT2D eigenvalue weighted by atomic mass is 9.99. The minimum absolute atomic E-state index is 0.141. The van der Waals surface area contributed by atoms with Crippen LogP contribution in [0.2, 0.25) is 0 Å². The first kappa shape index (κ1) is 17.8. The molecular formula is C21H16F2N2O3. The molecule has 0 radical (unpaired) electrons. The zero-order chi connectivity index (χ0) is 19.5. The van der Waals surface area contributed by atoms with Crippen LogP contribution in [-0.2, 0) is 0 Å². The summed E-state index contributed by atoms with van der Waals surface area (Å²) in [6.07, 6.45) is 0. The van der Waals surface area contributed by atoms with Gasteiger partial charge in [0.1, 0.15) is 11.6 Å². The third-order valence-corrected chi connectivity index (χ3v) is 4.31. The Hall–Kier alpha value is -3.61. The Kier molecular flexibility index (Phi) is 4.80. The highest BCUT2D eigenvalue weighted by molar-refractivity contribution is 5.90. The largest absolute Gasteiger partial charge is 0.454 e. The molecule has 0 aliphatic carbocycles. The summed E-state index contributed by atoms with van der Waals surface area (Å²) in [7, 11) is 0. The summed E-state index contributed by atoms with van der Waals surface area (Å²) < 4.78 is 37.1. The van der Waals surface area contributed by atoms with Gasteiger partial charge in [0.15, 0.2) is 11.5 Å². The highest BCUT2D eigenvalue weighted by Crippen LogP contribution is 2.34. The highest BCUT2D eigenvalue weighted by atomic mass is 19.1. The number of hydrogen-bond acceptors (Lipinski definition) is 3. The lowest BCUT2D eigenvalue weighted by Gasteiger charge is -2.20. The van der Waals surface area contributed by atoms with Crippen LogP contribution in [0.4, 0.5) is 19.3 Å². The van der Waals surface area contributed by atoms with Crippen molar-refractivity contribution in [1.29, 1.82) is 0 Å². The lowest BCUT2D eigenvalue weighted by Crippen LogP contribution is -2.33. The Morgan fingerprint density at radius 2 is 1.39 bits per heavy atom. The normalized spacial score (nSPS) is 12.1. The molecule has 0 fully saturated rings. The molecule has 1 aliphatic rings. The maximum absolute atomic E-state index is 13.3. The van der Waals surface area contributed by atoms with E-state index in [-0.39, 0.29) is 18.4 Å². The average molecular weight is 382 g/mol. The van der Waals surface area contributed by atoms with Gasteiger partial charge < -0.3 is 20.1 Å². The van der Waals surface area contributed by atoms with Gasteiger partial charge in [-0.1, -0.05) is 24.3 Å². The van der Waals surface area contributed by atoms with Crippen molar-refractivity contribution in [1.82, 2.24) is 5.32 Å². The molecular weight excluding hydrogens is 366 g/mol. The molecule has 2 N–H and O–H groups in total. The number of anilines is 1. The predicted octanol–water partition coefficient (Wildman–Crippen LogP) is 4.60. The van der Waals surface area contributed by atoms with E-state index in [1.165, 1.54) is 24.3 Å². The molecule has 0 spiro atoms. The van der Waals surface area contributed by atoms with Crippen molar-refractivity contribution in [3.05, 3.63) is 89.5 Å². The zero-order valence-electron chi connectivity index (χ0n) is 14.6. The molecule has 0 aromatic heterocycles. The molecule has 7 heteroatoms. The molecule has 3 aromatic carbocycles. The van der Waals surface area contributed by atoms with Crippen LogP contribution in [0.1, 0.15) is 17.2 Å². The fourth-order valence-corrected chi connectivity index (χ4v) is 2.94. The molecule has 28 heavy (non-hydrogen) atoms. The maximum Gasteiger partial charge on any atom is 0.319 e. The van der Waals surface area contributed by atoms with Crippen molar-refractivity contribution in [2.45, 2.75) is 6.04 Å². The molecule has 0 bridgehead atoms. The Labute approximate surface area is 159 Å². The van der Waals surface area contributed by atoms with Crippen molar-refractivity contribution in [2.24, 2.45) is 0 Å². The van der Waals surface area contributed by atoms with Crippen LogP contribution in [0, 0.1) is 11.6 Å². The Morgan fingerprint density at radius 1 is 0.821 bits per heavy atom. The smallest absolute Gasteiger partial charge is 0.319 e. The standard InChI is InChI=1S/C21H16F2N2O3/c22-15-5-1-13(2-6-15)20(14-3-7-16(23)8-4-14)25-21(26)24-17-9-10-18-19(11-17)28-12-27-18/h1-11,20H,12H2,(H2,24,25,26). The van der Waals surface area contributed by atoms with E-state index in [0.29, 0.717) is 28.3 Å². The number of carbonyl (C=O) groups is 1. The van der Waals surface area contributed by atoms with Gasteiger partial charge in [0, 0.05) is 11.8 Å². The predicted molar refractivity (Wildman–Crippen MR) is 99.4 cm³/mol. The topological polar surface area (TPSA) is 59.6 Å². The number of amides is 2. The summed E-state index contributed by atoms with van der Waals surface area (Å²) in [5, 5.41) is 5.57. The van der Waals surface area contributed by atoms with Crippen LogP contribution in [0.15, 0.2) is 66.7 Å². The van der Waals surface area contributed by atoms with Crippen molar-refractivity contribution >= 4 is 11.7 Å². The maximum atomic E-state index is 13.3. The monoisotopic (exact) mass is 382 g/mol. The van der Waals surface area contributed by atoms with Crippen molar-refractivity contribution < 1.29 is 23.0 Å². The van der Waals surface area contributed by atoms with Crippen LogP contribution >= 0.6 is 0 Å². The molecule has 0 saturated heterocycles. The molecule has 4 rings (SSSR count). The van der Waals surface area contributed by atoms with E-state index < -0.39 is 12.1 Å². The number of ether oxygens (including phenoxy) is 2. The van der Waals surface area contributed by atoms with Crippen LogP contribution in [0.25, 0.3) is 0 Å². The first-order chi connectivity index (χ1) is 13.6. The summed E-state index contributed by atoms with van der Waals surface area (Å²) in [4.78, 5) is 12.6.